The van der Waals surface area contributed by atoms with Gasteiger partial charge in [-0.1, -0.05) is 18.2 Å². The Bertz CT molecular complexity index is 879. The van der Waals surface area contributed by atoms with E-state index in [0.717, 1.165) is 35.2 Å². The summed E-state index contributed by atoms with van der Waals surface area (Å²) in [5.41, 5.74) is 3.93. The number of benzene rings is 2. The number of alkyl halides is 1. The quantitative estimate of drug-likeness (QED) is 0.638. The molecule has 0 aliphatic carbocycles. The molecule has 1 heterocycles. The molecule has 2 aromatic carbocycles. The van der Waals surface area contributed by atoms with E-state index in [-0.39, 0.29) is 6.61 Å². The zero-order valence-corrected chi connectivity index (χ0v) is 15.7. The van der Waals surface area contributed by atoms with Crippen molar-refractivity contribution >= 4 is 16.6 Å². The average molecular weight is 368 g/mol. The maximum Gasteiger partial charge on any atom is 0.121 e. The molecule has 0 saturated carbocycles. The van der Waals surface area contributed by atoms with Gasteiger partial charge in [-0.15, -0.1) is 0 Å². The first kappa shape index (κ1) is 19.1. The van der Waals surface area contributed by atoms with Crippen molar-refractivity contribution in [3.05, 3.63) is 54.6 Å². The molecule has 0 fully saturated rings. The van der Waals surface area contributed by atoms with Crippen LogP contribution in [-0.4, -0.2) is 42.6 Å². The van der Waals surface area contributed by atoms with Crippen LogP contribution in [0.3, 0.4) is 0 Å². The number of rotatable bonds is 8. The second-order valence-electron chi connectivity index (χ2n) is 6.39. The van der Waals surface area contributed by atoms with Gasteiger partial charge in [-0.05, 0) is 44.2 Å². The predicted octanol–water partition coefficient (Wildman–Crippen LogP) is 4.46. The average Bonchev–Trinajstić information content (AvgIpc) is 2.72. The Morgan fingerprint density at radius 1 is 1.04 bits per heavy atom. The van der Waals surface area contributed by atoms with Gasteiger partial charge in [0.2, 0.25) is 0 Å². The number of aliphatic hydroxyl groups excluding tert-OH is 1. The van der Waals surface area contributed by atoms with E-state index in [2.05, 4.69) is 43.0 Å². The molecule has 27 heavy (non-hydrogen) atoms. The van der Waals surface area contributed by atoms with Crippen LogP contribution in [-0.2, 0) is 0 Å². The number of ether oxygens (including phenoxy) is 1. The van der Waals surface area contributed by atoms with Crippen molar-refractivity contribution in [1.29, 1.82) is 0 Å². The standard InChI is InChI=1S/C22H25FN2O2/c1-3-25(4-2)18-9-5-16(6-10-18)21-12-8-17-7-11-20(13-22(17)24-21)27-15-19(26)14-23/h5-13,19,26H,3-4,14-15H2,1-2H3. The number of fused-ring (bicyclic) bond motifs is 1. The first-order valence-corrected chi connectivity index (χ1v) is 9.27. The maximum atomic E-state index is 12.4. The Hall–Kier alpha value is -2.66. The molecule has 1 unspecified atom stereocenters. The van der Waals surface area contributed by atoms with Gasteiger partial charge in [-0.2, -0.15) is 0 Å². The molecule has 142 valence electrons. The number of hydrogen-bond acceptors (Lipinski definition) is 4. The summed E-state index contributed by atoms with van der Waals surface area (Å²) in [4.78, 5) is 7.04. The van der Waals surface area contributed by atoms with Gasteiger partial charge in [-0.25, -0.2) is 9.37 Å². The zero-order valence-electron chi connectivity index (χ0n) is 15.7. The Kier molecular flexibility index (Phi) is 6.24. The topological polar surface area (TPSA) is 45.6 Å². The summed E-state index contributed by atoms with van der Waals surface area (Å²) >= 11 is 0. The summed E-state index contributed by atoms with van der Waals surface area (Å²) in [5, 5.41) is 10.3. The van der Waals surface area contributed by atoms with Crippen molar-refractivity contribution in [2.75, 3.05) is 31.3 Å². The lowest BCUT2D eigenvalue weighted by Crippen LogP contribution is -2.21. The van der Waals surface area contributed by atoms with Crippen LogP contribution in [0.2, 0.25) is 0 Å². The third-order valence-corrected chi connectivity index (χ3v) is 4.58. The molecule has 4 nitrogen and oxygen atoms in total. The van der Waals surface area contributed by atoms with E-state index >= 15 is 0 Å². The van der Waals surface area contributed by atoms with E-state index in [1.807, 2.05) is 24.3 Å². The van der Waals surface area contributed by atoms with Crippen molar-refractivity contribution in [1.82, 2.24) is 4.98 Å². The summed E-state index contributed by atoms with van der Waals surface area (Å²) in [6, 6.07) is 17.9. The van der Waals surface area contributed by atoms with Crippen molar-refractivity contribution in [2.24, 2.45) is 0 Å². The molecule has 3 rings (SSSR count). The summed E-state index contributed by atoms with van der Waals surface area (Å²) < 4.78 is 17.8. The van der Waals surface area contributed by atoms with Crippen LogP contribution in [0.25, 0.3) is 22.2 Å². The number of hydrogen-bond donors (Lipinski definition) is 1. The highest BCUT2D eigenvalue weighted by molar-refractivity contribution is 5.83. The lowest BCUT2D eigenvalue weighted by atomic mass is 10.1. The lowest BCUT2D eigenvalue weighted by Gasteiger charge is -2.21. The van der Waals surface area contributed by atoms with Crippen molar-refractivity contribution in [3.8, 4) is 17.0 Å². The van der Waals surface area contributed by atoms with Crippen LogP contribution < -0.4 is 9.64 Å². The highest BCUT2D eigenvalue weighted by Crippen LogP contribution is 2.26. The Labute approximate surface area is 159 Å². The molecule has 0 radical (unpaired) electrons. The molecule has 1 atom stereocenters. The number of pyridine rings is 1. The van der Waals surface area contributed by atoms with Crippen LogP contribution in [0.1, 0.15) is 13.8 Å². The maximum absolute atomic E-state index is 12.4. The molecule has 0 amide bonds. The van der Waals surface area contributed by atoms with Gasteiger partial charge in [-0.3, -0.25) is 0 Å². The van der Waals surface area contributed by atoms with Gasteiger partial charge in [0.15, 0.2) is 0 Å². The first-order chi connectivity index (χ1) is 13.1. The van der Waals surface area contributed by atoms with Crippen LogP contribution in [0.4, 0.5) is 10.1 Å². The van der Waals surface area contributed by atoms with Gasteiger partial charge in [0, 0.05) is 35.8 Å². The van der Waals surface area contributed by atoms with E-state index in [4.69, 9.17) is 9.72 Å². The summed E-state index contributed by atoms with van der Waals surface area (Å²) in [6.07, 6.45) is -1.11. The second kappa shape index (κ2) is 8.82. The lowest BCUT2D eigenvalue weighted by molar-refractivity contribution is 0.0842. The number of nitrogens with zero attached hydrogens (tertiary/aromatic N) is 2. The summed E-state index contributed by atoms with van der Waals surface area (Å²) in [6.45, 7) is 5.35. The molecule has 5 heteroatoms. The molecule has 0 aliphatic heterocycles. The molecule has 0 bridgehead atoms. The molecule has 0 saturated heterocycles. The predicted molar refractivity (Wildman–Crippen MR) is 108 cm³/mol. The van der Waals surface area contributed by atoms with Crippen LogP contribution in [0, 0.1) is 0 Å². The van der Waals surface area contributed by atoms with E-state index in [1.165, 1.54) is 5.69 Å². The minimum absolute atomic E-state index is 0.0749. The molecule has 3 aromatic rings. The van der Waals surface area contributed by atoms with Crippen molar-refractivity contribution in [2.45, 2.75) is 20.0 Å². The minimum Gasteiger partial charge on any atom is -0.491 e. The van der Waals surface area contributed by atoms with E-state index in [1.54, 1.807) is 6.07 Å². The molecule has 1 aromatic heterocycles. The van der Waals surface area contributed by atoms with E-state index in [0.29, 0.717) is 5.75 Å². The highest BCUT2D eigenvalue weighted by Gasteiger charge is 2.07. The minimum atomic E-state index is -1.11. The first-order valence-electron chi connectivity index (χ1n) is 9.27. The number of anilines is 1. The molecule has 0 aliphatic rings. The monoisotopic (exact) mass is 368 g/mol. The van der Waals surface area contributed by atoms with Gasteiger partial charge in [0.1, 0.15) is 25.1 Å². The van der Waals surface area contributed by atoms with E-state index < -0.39 is 12.8 Å². The third-order valence-electron chi connectivity index (χ3n) is 4.58. The molecule has 1 N–H and O–H groups in total. The Balaban J connectivity index is 1.84. The van der Waals surface area contributed by atoms with Gasteiger partial charge in [0.25, 0.3) is 0 Å². The smallest absolute Gasteiger partial charge is 0.121 e. The van der Waals surface area contributed by atoms with Crippen LogP contribution in [0.5, 0.6) is 5.75 Å². The van der Waals surface area contributed by atoms with E-state index in [9.17, 15) is 9.50 Å². The second-order valence-corrected chi connectivity index (χ2v) is 6.39. The number of aliphatic hydroxyl groups is 1. The normalized spacial score (nSPS) is 12.1. The van der Waals surface area contributed by atoms with Gasteiger partial charge >= 0.3 is 0 Å². The largest absolute Gasteiger partial charge is 0.491 e. The Morgan fingerprint density at radius 3 is 2.41 bits per heavy atom. The number of halogens is 1. The zero-order chi connectivity index (χ0) is 19.2. The molecular formula is C22H25FN2O2. The van der Waals surface area contributed by atoms with Gasteiger partial charge < -0.3 is 14.7 Å². The molecule has 0 spiro atoms. The molecular weight excluding hydrogens is 343 g/mol. The number of aromatic nitrogens is 1. The van der Waals surface area contributed by atoms with Crippen LogP contribution >= 0.6 is 0 Å². The van der Waals surface area contributed by atoms with Gasteiger partial charge in [0.05, 0.1) is 11.2 Å². The van der Waals surface area contributed by atoms with Crippen molar-refractivity contribution < 1.29 is 14.2 Å². The SMILES string of the molecule is CCN(CC)c1ccc(-c2ccc3ccc(OCC(O)CF)cc3n2)cc1. The highest BCUT2D eigenvalue weighted by atomic mass is 19.1. The summed E-state index contributed by atoms with van der Waals surface area (Å²) in [5.74, 6) is 0.566. The van der Waals surface area contributed by atoms with Crippen LogP contribution in [0.15, 0.2) is 54.6 Å². The fourth-order valence-corrected chi connectivity index (χ4v) is 3.02. The summed E-state index contributed by atoms with van der Waals surface area (Å²) in [7, 11) is 0. The van der Waals surface area contributed by atoms with Crippen molar-refractivity contribution in [3.63, 3.8) is 0 Å². The Morgan fingerprint density at radius 2 is 1.74 bits per heavy atom. The third kappa shape index (κ3) is 4.55. The fraction of sp³-hybridized carbons (Fsp3) is 0.318. The fourth-order valence-electron chi connectivity index (χ4n) is 3.02.